The maximum Gasteiger partial charge on any atom is 0.271 e. The van der Waals surface area contributed by atoms with Crippen LogP contribution in [0.5, 0.6) is 0 Å². The summed E-state index contributed by atoms with van der Waals surface area (Å²) >= 11 is 0. The Balaban J connectivity index is 1.57. The second-order valence-corrected chi connectivity index (χ2v) is 9.05. The van der Waals surface area contributed by atoms with Crippen LogP contribution < -0.4 is 5.32 Å². The zero-order valence-corrected chi connectivity index (χ0v) is 15.4. The van der Waals surface area contributed by atoms with Crippen molar-refractivity contribution in [1.29, 1.82) is 0 Å². The van der Waals surface area contributed by atoms with Gasteiger partial charge in [-0.25, -0.2) is 13.4 Å². The molecule has 2 aromatic carbocycles. The standard InChI is InChI=1S/C19H19N3O4S/c23-18-9-8-17(21-22(18)14-10-11-27(25,26)12-14)19(24)20-16-7-3-5-13-4-1-2-6-15(13)16/h1-7,14H,8-12H2,(H,20,24)/t14-/m1/s1. The van der Waals surface area contributed by atoms with E-state index in [0.717, 1.165) is 10.8 Å². The maximum atomic E-state index is 12.7. The molecule has 1 atom stereocenters. The van der Waals surface area contributed by atoms with E-state index in [9.17, 15) is 18.0 Å². The van der Waals surface area contributed by atoms with Gasteiger partial charge in [0.1, 0.15) is 5.71 Å². The summed E-state index contributed by atoms with van der Waals surface area (Å²) in [6, 6.07) is 12.9. The summed E-state index contributed by atoms with van der Waals surface area (Å²) in [7, 11) is -3.14. The summed E-state index contributed by atoms with van der Waals surface area (Å²) in [4.78, 5) is 24.9. The lowest BCUT2D eigenvalue weighted by molar-refractivity contribution is -0.133. The number of rotatable bonds is 3. The van der Waals surface area contributed by atoms with Crippen molar-refractivity contribution in [2.24, 2.45) is 5.10 Å². The summed E-state index contributed by atoms with van der Waals surface area (Å²) in [5.41, 5.74) is 0.916. The number of hydrogen-bond acceptors (Lipinski definition) is 5. The van der Waals surface area contributed by atoms with E-state index in [4.69, 9.17) is 0 Å². The van der Waals surface area contributed by atoms with E-state index in [1.807, 2.05) is 42.5 Å². The monoisotopic (exact) mass is 385 g/mol. The minimum atomic E-state index is -3.14. The first-order chi connectivity index (χ1) is 12.9. The van der Waals surface area contributed by atoms with Crippen LogP contribution in [0.25, 0.3) is 10.8 Å². The number of hydrazone groups is 1. The van der Waals surface area contributed by atoms with Crippen molar-refractivity contribution in [2.75, 3.05) is 16.8 Å². The zero-order valence-electron chi connectivity index (χ0n) is 14.6. The summed E-state index contributed by atoms with van der Waals surface area (Å²) in [5.74, 6) is -0.655. The Labute approximate surface area is 157 Å². The smallest absolute Gasteiger partial charge is 0.271 e. The summed E-state index contributed by atoms with van der Waals surface area (Å²) in [5, 5.41) is 10.2. The molecule has 0 bridgehead atoms. The van der Waals surface area contributed by atoms with Gasteiger partial charge in [0.25, 0.3) is 5.91 Å². The van der Waals surface area contributed by atoms with Crippen molar-refractivity contribution in [2.45, 2.75) is 25.3 Å². The lowest BCUT2D eigenvalue weighted by Gasteiger charge is -2.27. The predicted molar refractivity (Wildman–Crippen MR) is 103 cm³/mol. The van der Waals surface area contributed by atoms with E-state index >= 15 is 0 Å². The molecule has 1 fully saturated rings. The zero-order chi connectivity index (χ0) is 19.0. The van der Waals surface area contributed by atoms with Gasteiger partial charge in [-0.15, -0.1) is 0 Å². The molecule has 2 aliphatic heterocycles. The molecule has 27 heavy (non-hydrogen) atoms. The number of amides is 2. The van der Waals surface area contributed by atoms with Crippen LogP contribution in [0.15, 0.2) is 47.6 Å². The van der Waals surface area contributed by atoms with E-state index in [1.54, 1.807) is 0 Å². The first-order valence-corrected chi connectivity index (χ1v) is 10.6. The highest BCUT2D eigenvalue weighted by Crippen LogP contribution is 2.25. The van der Waals surface area contributed by atoms with Gasteiger partial charge in [-0.3, -0.25) is 9.59 Å². The minimum absolute atomic E-state index is 0.0501. The van der Waals surface area contributed by atoms with Crippen molar-refractivity contribution in [3.05, 3.63) is 42.5 Å². The van der Waals surface area contributed by atoms with E-state index in [1.165, 1.54) is 5.01 Å². The van der Waals surface area contributed by atoms with Crippen molar-refractivity contribution in [1.82, 2.24) is 5.01 Å². The first-order valence-electron chi connectivity index (χ1n) is 8.82. The van der Waals surface area contributed by atoms with Crippen molar-refractivity contribution in [3.8, 4) is 0 Å². The van der Waals surface area contributed by atoms with Crippen LogP contribution in [-0.2, 0) is 19.4 Å². The second kappa shape index (κ2) is 6.77. The van der Waals surface area contributed by atoms with Crippen molar-refractivity contribution < 1.29 is 18.0 Å². The topological polar surface area (TPSA) is 95.9 Å². The summed E-state index contributed by atoms with van der Waals surface area (Å²) < 4.78 is 23.4. The van der Waals surface area contributed by atoms with E-state index in [-0.39, 0.29) is 41.9 Å². The van der Waals surface area contributed by atoms with E-state index in [2.05, 4.69) is 10.4 Å². The van der Waals surface area contributed by atoms with E-state index in [0.29, 0.717) is 12.1 Å². The molecule has 7 nitrogen and oxygen atoms in total. The molecular weight excluding hydrogens is 366 g/mol. The van der Waals surface area contributed by atoms with Gasteiger partial charge in [-0.1, -0.05) is 36.4 Å². The maximum absolute atomic E-state index is 12.7. The number of carbonyl (C=O) groups is 2. The fraction of sp³-hybridized carbons (Fsp3) is 0.316. The van der Waals surface area contributed by atoms with Gasteiger partial charge in [-0.05, 0) is 17.9 Å². The average Bonchev–Trinajstić information content (AvgIpc) is 3.02. The number of sulfone groups is 1. The van der Waals surface area contributed by atoms with Crippen molar-refractivity contribution in [3.63, 3.8) is 0 Å². The number of benzene rings is 2. The molecule has 0 radical (unpaired) electrons. The van der Waals surface area contributed by atoms with Crippen LogP contribution in [0.2, 0.25) is 0 Å². The molecule has 4 rings (SSSR count). The number of nitrogens with zero attached hydrogens (tertiary/aromatic N) is 2. The molecule has 140 valence electrons. The average molecular weight is 385 g/mol. The molecule has 2 aliphatic rings. The van der Waals surface area contributed by atoms with Crippen LogP contribution in [0.4, 0.5) is 5.69 Å². The normalized spacial score (nSPS) is 21.9. The van der Waals surface area contributed by atoms with Gasteiger partial charge in [0.05, 0.1) is 17.5 Å². The third-order valence-electron chi connectivity index (χ3n) is 4.91. The third kappa shape index (κ3) is 3.57. The SMILES string of the molecule is O=C(Nc1cccc2ccccc12)C1=NN([C@@H]2CCS(=O)(=O)C2)C(=O)CC1. The van der Waals surface area contributed by atoms with Gasteiger partial charge in [0.2, 0.25) is 5.91 Å². The van der Waals surface area contributed by atoms with Gasteiger partial charge >= 0.3 is 0 Å². The highest BCUT2D eigenvalue weighted by Gasteiger charge is 2.37. The second-order valence-electron chi connectivity index (χ2n) is 6.82. The molecule has 0 unspecified atom stereocenters. The number of anilines is 1. The van der Waals surface area contributed by atoms with Gasteiger partial charge in [-0.2, -0.15) is 5.10 Å². The fourth-order valence-corrected chi connectivity index (χ4v) is 5.21. The Morgan fingerprint density at radius 1 is 1.11 bits per heavy atom. The van der Waals surface area contributed by atoms with Crippen molar-refractivity contribution >= 4 is 43.8 Å². The first kappa shape index (κ1) is 17.7. The van der Waals surface area contributed by atoms with Crippen LogP contribution >= 0.6 is 0 Å². The Morgan fingerprint density at radius 2 is 1.89 bits per heavy atom. The molecule has 2 aromatic rings. The molecular formula is C19H19N3O4S. The fourth-order valence-electron chi connectivity index (χ4n) is 3.52. The Kier molecular flexibility index (Phi) is 4.43. The number of fused-ring (bicyclic) bond motifs is 1. The van der Waals surface area contributed by atoms with Crippen LogP contribution in [0.3, 0.4) is 0 Å². The molecule has 1 N–H and O–H groups in total. The summed E-state index contributed by atoms with van der Waals surface area (Å²) in [6.45, 7) is 0. The number of nitrogens with one attached hydrogen (secondary N) is 1. The number of carbonyl (C=O) groups excluding carboxylic acids is 2. The molecule has 8 heteroatoms. The van der Waals surface area contributed by atoms with Gasteiger partial charge < -0.3 is 5.32 Å². The van der Waals surface area contributed by atoms with Gasteiger partial charge in [0.15, 0.2) is 9.84 Å². The summed E-state index contributed by atoms with van der Waals surface area (Å²) in [6.07, 6.45) is 0.750. The molecule has 0 saturated carbocycles. The number of hydrogen-bond donors (Lipinski definition) is 1. The van der Waals surface area contributed by atoms with E-state index < -0.39 is 15.9 Å². The lowest BCUT2D eigenvalue weighted by atomic mass is 10.1. The minimum Gasteiger partial charge on any atom is -0.320 e. The molecule has 1 saturated heterocycles. The third-order valence-corrected chi connectivity index (χ3v) is 6.66. The highest BCUT2D eigenvalue weighted by atomic mass is 32.2. The predicted octanol–water partition coefficient (Wildman–Crippen LogP) is 1.94. The molecule has 0 aromatic heterocycles. The molecule has 2 amide bonds. The van der Waals surface area contributed by atoms with Crippen LogP contribution in [0, 0.1) is 0 Å². The largest absolute Gasteiger partial charge is 0.320 e. The quantitative estimate of drug-likeness (QED) is 0.873. The Bertz CT molecular complexity index is 1060. The molecule has 0 spiro atoms. The van der Waals surface area contributed by atoms with Crippen LogP contribution in [-0.4, -0.2) is 48.5 Å². The molecule has 0 aliphatic carbocycles. The Hall–Kier alpha value is -2.74. The van der Waals surface area contributed by atoms with Crippen LogP contribution in [0.1, 0.15) is 19.3 Å². The van der Waals surface area contributed by atoms with Gasteiger partial charge in [0, 0.05) is 23.9 Å². The lowest BCUT2D eigenvalue weighted by Crippen LogP contribution is -2.42. The molecule has 2 heterocycles. The Morgan fingerprint density at radius 3 is 2.67 bits per heavy atom. The highest BCUT2D eigenvalue weighted by molar-refractivity contribution is 7.91.